The molecular formula is C24H22Cl2N4O5. The van der Waals surface area contributed by atoms with E-state index in [0.717, 1.165) is 0 Å². The van der Waals surface area contributed by atoms with Crippen molar-refractivity contribution in [3.63, 3.8) is 0 Å². The van der Waals surface area contributed by atoms with Crippen LogP contribution in [-0.4, -0.2) is 51.2 Å². The van der Waals surface area contributed by atoms with Gasteiger partial charge in [-0.05, 0) is 56.2 Å². The van der Waals surface area contributed by atoms with E-state index in [0.29, 0.717) is 65.2 Å². The molecule has 1 aliphatic rings. The lowest BCUT2D eigenvalue weighted by Gasteiger charge is -2.30. The van der Waals surface area contributed by atoms with Crippen molar-refractivity contribution in [1.82, 2.24) is 14.7 Å². The van der Waals surface area contributed by atoms with Crippen molar-refractivity contribution in [2.45, 2.75) is 19.8 Å². The normalized spacial score (nSPS) is 14.1. The predicted octanol–water partition coefficient (Wildman–Crippen LogP) is 5.17. The van der Waals surface area contributed by atoms with Gasteiger partial charge in [-0.25, -0.2) is 4.68 Å². The number of nitro benzene ring substituents is 1. The van der Waals surface area contributed by atoms with Gasteiger partial charge in [-0.1, -0.05) is 23.2 Å². The number of benzene rings is 2. The smallest absolute Gasteiger partial charge is 0.309 e. The molecule has 3 aromatic rings. The highest BCUT2D eigenvalue weighted by Gasteiger charge is 2.30. The fraction of sp³-hybridized carbons (Fsp3) is 0.292. The lowest BCUT2D eigenvalue weighted by atomic mass is 9.97. The highest BCUT2D eigenvalue weighted by atomic mass is 35.5. The molecule has 9 nitrogen and oxygen atoms in total. The van der Waals surface area contributed by atoms with Crippen LogP contribution in [0.25, 0.3) is 16.9 Å². The molecule has 0 bridgehead atoms. The Labute approximate surface area is 211 Å². The fourth-order valence-electron chi connectivity index (χ4n) is 3.98. The van der Waals surface area contributed by atoms with Crippen LogP contribution in [0, 0.1) is 16.0 Å². The van der Waals surface area contributed by atoms with E-state index < -0.39 is 4.92 Å². The standard InChI is InChI=1S/C24H22Cl2N4O5/c1-2-35-24(32)16-9-11-28(12-10-16)23(31)22-14-21(15-3-5-17(6-4-15)30(33)34)27-29(22)18-7-8-19(25)20(26)13-18/h3-8,13-14,16H,2,9-12H2,1H3. The van der Waals surface area contributed by atoms with E-state index in [9.17, 15) is 19.7 Å². The average Bonchev–Trinajstić information content (AvgIpc) is 3.31. The summed E-state index contributed by atoms with van der Waals surface area (Å²) < 4.78 is 6.60. The number of carbonyl (C=O) groups excluding carboxylic acids is 2. The van der Waals surface area contributed by atoms with Crippen LogP contribution in [0.4, 0.5) is 5.69 Å². The van der Waals surface area contributed by atoms with E-state index >= 15 is 0 Å². The van der Waals surface area contributed by atoms with Gasteiger partial charge in [0.1, 0.15) is 5.69 Å². The van der Waals surface area contributed by atoms with Gasteiger partial charge < -0.3 is 9.64 Å². The van der Waals surface area contributed by atoms with Gasteiger partial charge in [0.25, 0.3) is 11.6 Å². The Morgan fingerprint density at radius 2 is 1.77 bits per heavy atom. The quantitative estimate of drug-likeness (QED) is 0.254. The summed E-state index contributed by atoms with van der Waals surface area (Å²) in [6.07, 6.45) is 1.03. The molecule has 0 radical (unpaired) electrons. The number of hydrogen-bond donors (Lipinski definition) is 0. The second kappa shape index (κ2) is 10.5. The Bertz CT molecular complexity index is 1270. The number of esters is 1. The van der Waals surface area contributed by atoms with E-state index in [4.69, 9.17) is 27.9 Å². The second-order valence-electron chi connectivity index (χ2n) is 8.05. The molecule has 1 saturated heterocycles. The lowest BCUT2D eigenvalue weighted by Crippen LogP contribution is -2.41. The minimum atomic E-state index is -0.479. The molecular weight excluding hydrogens is 495 g/mol. The highest BCUT2D eigenvalue weighted by molar-refractivity contribution is 6.42. The van der Waals surface area contributed by atoms with Crippen molar-refractivity contribution in [1.29, 1.82) is 0 Å². The van der Waals surface area contributed by atoms with Gasteiger partial charge in [0.2, 0.25) is 0 Å². The number of halogens is 2. The maximum absolute atomic E-state index is 13.5. The molecule has 0 atom stereocenters. The van der Waals surface area contributed by atoms with E-state index in [1.165, 1.54) is 16.8 Å². The zero-order valence-electron chi connectivity index (χ0n) is 18.8. The van der Waals surface area contributed by atoms with Crippen molar-refractivity contribution < 1.29 is 19.2 Å². The minimum absolute atomic E-state index is 0.0431. The number of rotatable bonds is 6. The number of carbonyl (C=O) groups is 2. The number of nitro groups is 1. The summed E-state index contributed by atoms with van der Waals surface area (Å²) >= 11 is 12.3. The van der Waals surface area contributed by atoms with E-state index in [2.05, 4.69) is 5.10 Å². The van der Waals surface area contributed by atoms with Crippen LogP contribution in [-0.2, 0) is 9.53 Å². The molecule has 35 heavy (non-hydrogen) atoms. The lowest BCUT2D eigenvalue weighted by molar-refractivity contribution is -0.384. The SMILES string of the molecule is CCOC(=O)C1CCN(C(=O)c2cc(-c3ccc([N+](=O)[O-])cc3)nn2-c2ccc(Cl)c(Cl)c2)CC1. The number of aromatic nitrogens is 2. The average molecular weight is 517 g/mol. The molecule has 182 valence electrons. The molecule has 4 rings (SSSR count). The molecule has 0 aliphatic carbocycles. The van der Waals surface area contributed by atoms with E-state index in [1.54, 1.807) is 48.2 Å². The third-order valence-corrected chi connectivity index (χ3v) is 6.59. The highest BCUT2D eigenvalue weighted by Crippen LogP contribution is 2.29. The Morgan fingerprint density at radius 1 is 1.09 bits per heavy atom. The van der Waals surface area contributed by atoms with Crippen molar-refractivity contribution in [2.75, 3.05) is 19.7 Å². The summed E-state index contributed by atoms with van der Waals surface area (Å²) in [5.74, 6) is -0.713. The maximum atomic E-state index is 13.5. The Kier molecular flexibility index (Phi) is 7.37. The molecule has 2 aromatic carbocycles. The first-order valence-electron chi connectivity index (χ1n) is 11.0. The zero-order valence-corrected chi connectivity index (χ0v) is 20.3. The molecule has 1 fully saturated rings. The van der Waals surface area contributed by atoms with E-state index in [-0.39, 0.29) is 23.5 Å². The van der Waals surface area contributed by atoms with Gasteiger partial charge in [0.05, 0.1) is 38.9 Å². The Morgan fingerprint density at radius 3 is 2.37 bits per heavy atom. The molecule has 1 aliphatic heterocycles. The van der Waals surface area contributed by atoms with Gasteiger partial charge in [-0.15, -0.1) is 0 Å². The summed E-state index contributed by atoms with van der Waals surface area (Å²) in [5.41, 5.74) is 1.88. The number of nitrogens with zero attached hydrogens (tertiary/aromatic N) is 4. The maximum Gasteiger partial charge on any atom is 0.309 e. The fourth-order valence-corrected chi connectivity index (χ4v) is 4.27. The summed E-state index contributed by atoms with van der Waals surface area (Å²) in [7, 11) is 0. The Hall–Kier alpha value is -3.43. The largest absolute Gasteiger partial charge is 0.466 e. The molecule has 1 aromatic heterocycles. The number of ether oxygens (including phenoxy) is 1. The number of piperidine rings is 1. The first-order valence-corrected chi connectivity index (χ1v) is 11.8. The predicted molar refractivity (Wildman–Crippen MR) is 131 cm³/mol. The zero-order chi connectivity index (χ0) is 25.1. The van der Waals surface area contributed by atoms with Gasteiger partial charge in [0, 0.05) is 30.8 Å². The molecule has 2 heterocycles. The summed E-state index contributed by atoms with van der Waals surface area (Å²) in [6.45, 7) is 2.90. The molecule has 1 amide bonds. The minimum Gasteiger partial charge on any atom is -0.466 e. The van der Waals surface area contributed by atoms with Crippen molar-refractivity contribution in [3.05, 3.63) is 74.4 Å². The third-order valence-electron chi connectivity index (χ3n) is 5.85. The van der Waals surface area contributed by atoms with Crippen LogP contribution in [0.15, 0.2) is 48.5 Å². The van der Waals surface area contributed by atoms with Gasteiger partial charge in [0.15, 0.2) is 0 Å². The van der Waals surface area contributed by atoms with Crippen LogP contribution in [0.5, 0.6) is 0 Å². The van der Waals surface area contributed by atoms with Gasteiger partial charge >= 0.3 is 5.97 Å². The van der Waals surface area contributed by atoms with Crippen LogP contribution in [0.1, 0.15) is 30.3 Å². The monoisotopic (exact) mass is 516 g/mol. The van der Waals surface area contributed by atoms with Crippen molar-refractivity contribution in [3.8, 4) is 16.9 Å². The van der Waals surface area contributed by atoms with Crippen molar-refractivity contribution >= 4 is 40.8 Å². The van der Waals surface area contributed by atoms with Crippen LogP contribution in [0.3, 0.4) is 0 Å². The number of non-ortho nitro benzene ring substituents is 1. The Balaban J connectivity index is 1.67. The third kappa shape index (κ3) is 5.31. The van der Waals surface area contributed by atoms with Crippen molar-refractivity contribution in [2.24, 2.45) is 5.92 Å². The van der Waals surface area contributed by atoms with Crippen LogP contribution >= 0.6 is 23.2 Å². The molecule has 0 spiro atoms. The topological polar surface area (TPSA) is 108 Å². The first-order chi connectivity index (χ1) is 16.8. The van der Waals surface area contributed by atoms with Crippen LogP contribution < -0.4 is 0 Å². The van der Waals surface area contributed by atoms with Crippen LogP contribution in [0.2, 0.25) is 10.0 Å². The summed E-state index contributed by atoms with van der Waals surface area (Å²) in [6, 6.07) is 12.5. The number of likely N-dealkylation sites (tertiary alicyclic amines) is 1. The number of amides is 1. The molecule has 0 saturated carbocycles. The molecule has 0 N–H and O–H groups in total. The number of hydrogen-bond acceptors (Lipinski definition) is 6. The van der Waals surface area contributed by atoms with Gasteiger partial charge in [-0.3, -0.25) is 19.7 Å². The van der Waals surface area contributed by atoms with E-state index in [1.807, 2.05) is 0 Å². The molecule has 0 unspecified atom stereocenters. The second-order valence-corrected chi connectivity index (χ2v) is 8.86. The summed E-state index contributed by atoms with van der Waals surface area (Å²) in [4.78, 5) is 37.8. The first kappa shape index (κ1) is 24.7. The van der Waals surface area contributed by atoms with Gasteiger partial charge in [-0.2, -0.15) is 5.10 Å². The molecule has 11 heteroatoms. The summed E-state index contributed by atoms with van der Waals surface area (Å²) in [5, 5.41) is 16.3.